The Hall–Kier alpha value is -2.23. The Labute approximate surface area is 192 Å². The molecule has 0 radical (unpaired) electrons. The van der Waals surface area contributed by atoms with Gasteiger partial charge in [-0.05, 0) is 5.56 Å². The van der Waals surface area contributed by atoms with Crippen molar-refractivity contribution in [3.8, 4) is 0 Å². The van der Waals surface area contributed by atoms with E-state index < -0.39 is 68.8 Å². The number of esters is 1. The Morgan fingerprint density at radius 3 is 1.82 bits per heavy atom. The van der Waals surface area contributed by atoms with Gasteiger partial charge in [-0.1, -0.05) is 30.3 Å². The second-order valence-corrected chi connectivity index (χ2v) is 10.5. The van der Waals surface area contributed by atoms with Gasteiger partial charge in [0.05, 0.1) is 19.1 Å². The van der Waals surface area contributed by atoms with Crippen molar-refractivity contribution in [3.05, 3.63) is 35.9 Å². The van der Waals surface area contributed by atoms with Gasteiger partial charge in [-0.3, -0.25) is 22.7 Å². The highest BCUT2D eigenvalue weighted by Crippen LogP contribution is 2.25. The number of hydrogen-bond donors (Lipinski definition) is 1. The van der Waals surface area contributed by atoms with E-state index in [0.717, 1.165) is 13.8 Å². The first kappa shape index (κ1) is 28.8. The van der Waals surface area contributed by atoms with Crippen LogP contribution in [0.15, 0.2) is 30.3 Å². The Bertz CT molecular complexity index is 1010. The highest BCUT2D eigenvalue weighted by Gasteiger charge is 2.50. The first-order chi connectivity index (χ1) is 15.0. The van der Waals surface area contributed by atoms with Gasteiger partial charge in [-0.2, -0.15) is 16.8 Å². The van der Waals surface area contributed by atoms with E-state index in [1.165, 1.54) is 0 Å². The molecule has 2 atom stereocenters. The molecule has 186 valence electrons. The van der Waals surface area contributed by atoms with Gasteiger partial charge in [-0.15, -0.1) is 0 Å². The standard InChI is InChI=1S/C19H26O12S2/c1-13(20)16(22)17(31-14(2)21)18(28-10-15-8-6-5-7-9-15)19(23,11-29-32(3,24)25)12-30-33(4,26)27/h5-9,17-18,23H,10-12H2,1-4H3. The molecule has 1 aromatic carbocycles. The molecule has 0 bridgehead atoms. The Kier molecular flexibility index (Phi) is 10.3. The van der Waals surface area contributed by atoms with Crippen molar-refractivity contribution in [2.45, 2.75) is 38.3 Å². The molecule has 0 aliphatic rings. The van der Waals surface area contributed by atoms with Crippen LogP contribution in [0.4, 0.5) is 0 Å². The van der Waals surface area contributed by atoms with Crippen molar-refractivity contribution >= 4 is 37.8 Å². The van der Waals surface area contributed by atoms with Crippen LogP contribution in [-0.4, -0.2) is 83.0 Å². The monoisotopic (exact) mass is 510 g/mol. The molecule has 0 saturated heterocycles. The Morgan fingerprint density at radius 2 is 1.42 bits per heavy atom. The Balaban J connectivity index is 3.53. The summed E-state index contributed by atoms with van der Waals surface area (Å²) in [5.74, 6) is -3.39. The Morgan fingerprint density at radius 1 is 0.939 bits per heavy atom. The molecule has 1 aromatic rings. The minimum absolute atomic E-state index is 0.311. The summed E-state index contributed by atoms with van der Waals surface area (Å²) in [5, 5.41) is 11.2. The zero-order valence-electron chi connectivity index (χ0n) is 18.4. The summed E-state index contributed by atoms with van der Waals surface area (Å²) >= 11 is 0. The van der Waals surface area contributed by atoms with E-state index in [1.54, 1.807) is 30.3 Å². The van der Waals surface area contributed by atoms with Crippen molar-refractivity contribution in [3.63, 3.8) is 0 Å². The van der Waals surface area contributed by atoms with Crippen LogP contribution in [0.25, 0.3) is 0 Å². The fourth-order valence-corrected chi connectivity index (χ4v) is 3.38. The largest absolute Gasteiger partial charge is 0.451 e. The maximum absolute atomic E-state index is 12.5. The predicted molar refractivity (Wildman–Crippen MR) is 113 cm³/mol. The average molecular weight is 511 g/mol. The molecule has 0 amide bonds. The number of carbonyl (C=O) groups excluding carboxylic acids is 3. The second kappa shape index (κ2) is 11.8. The zero-order valence-corrected chi connectivity index (χ0v) is 20.1. The molecule has 0 aliphatic carbocycles. The first-order valence-electron chi connectivity index (χ1n) is 9.33. The molecule has 33 heavy (non-hydrogen) atoms. The number of Topliss-reactive ketones (excluding diaryl/α,β-unsaturated/α-hetero) is 2. The van der Waals surface area contributed by atoms with Crippen molar-refractivity contribution in [1.82, 2.24) is 0 Å². The number of rotatable bonds is 14. The van der Waals surface area contributed by atoms with E-state index in [-0.39, 0.29) is 6.61 Å². The van der Waals surface area contributed by atoms with E-state index in [0.29, 0.717) is 18.1 Å². The highest BCUT2D eigenvalue weighted by molar-refractivity contribution is 7.86. The smallest absolute Gasteiger partial charge is 0.303 e. The van der Waals surface area contributed by atoms with Crippen molar-refractivity contribution in [2.75, 3.05) is 25.7 Å². The van der Waals surface area contributed by atoms with Gasteiger partial charge in [0.1, 0.15) is 24.9 Å². The van der Waals surface area contributed by atoms with Crippen LogP contribution in [0, 0.1) is 0 Å². The van der Waals surface area contributed by atoms with Crippen LogP contribution in [-0.2, 0) is 59.1 Å². The minimum atomic E-state index is -4.18. The van der Waals surface area contributed by atoms with Gasteiger partial charge in [0.15, 0.2) is 11.9 Å². The van der Waals surface area contributed by atoms with Gasteiger partial charge in [0.2, 0.25) is 5.78 Å². The lowest BCUT2D eigenvalue weighted by Crippen LogP contribution is -2.60. The summed E-state index contributed by atoms with van der Waals surface area (Å²) in [6.45, 7) is -0.804. The number of carbonyl (C=O) groups is 3. The second-order valence-electron chi connectivity index (χ2n) is 7.20. The normalized spacial score (nSPS) is 14.3. The molecule has 0 aliphatic heterocycles. The summed E-state index contributed by atoms with van der Waals surface area (Å²) < 4.78 is 65.9. The maximum Gasteiger partial charge on any atom is 0.303 e. The third-order valence-corrected chi connectivity index (χ3v) is 5.11. The summed E-state index contributed by atoms with van der Waals surface area (Å²) in [7, 11) is -8.35. The van der Waals surface area contributed by atoms with Crippen LogP contribution in [0.2, 0.25) is 0 Å². The van der Waals surface area contributed by atoms with Crippen molar-refractivity contribution in [1.29, 1.82) is 0 Å². The maximum atomic E-state index is 12.5. The molecule has 1 N–H and O–H groups in total. The minimum Gasteiger partial charge on any atom is -0.451 e. The lowest BCUT2D eigenvalue weighted by Gasteiger charge is -2.37. The van der Waals surface area contributed by atoms with E-state index in [9.17, 15) is 36.3 Å². The van der Waals surface area contributed by atoms with Crippen LogP contribution < -0.4 is 0 Å². The third kappa shape index (κ3) is 10.5. The summed E-state index contributed by atoms with van der Waals surface area (Å²) in [4.78, 5) is 36.0. The molecular formula is C19H26O12S2. The van der Waals surface area contributed by atoms with Crippen LogP contribution in [0.5, 0.6) is 0 Å². The summed E-state index contributed by atoms with van der Waals surface area (Å²) in [6, 6.07) is 8.25. The molecule has 12 nitrogen and oxygen atoms in total. The molecule has 0 spiro atoms. The van der Waals surface area contributed by atoms with E-state index in [2.05, 4.69) is 8.37 Å². The summed E-state index contributed by atoms with van der Waals surface area (Å²) in [6.07, 6.45) is -2.72. The van der Waals surface area contributed by atoms with E-state index in [4.69, 9.17) is 9.47 Å². The molecule has 14 heteroatoms. The third-order valence-electron chi connectivity index (χ3n) is 4.02. The number of aliphatic hydroxyl groups is 1. The van der Waals surface area contributed by atoms with Gasteiger partial charge in [0, 0.05) is 13.8 Å². The molecular weight excluding hydrogens is 484 g/mol. The molecule has 0 aromatic heterocycles. The number of ketones is 2. The molecule has 0 saturated carbocycles. The summed E-state index contributed by atoms with van der Waals surface area (Å²) in [5.41, 5.74) is -2.17. The first-order valence-corrected chi connectivity index (χ1v) is 13.0. The lowest BCUT2D eigenvalue weighted by atomic mass is 9.90. The number of benzene rings is 1. The average Bonchev–Trinajstić information content (AvgIpc) is 2.69. The molecule has 0 heterocycles. The number of hydrogen-bond acceptors (Lipinski definition) is 12. The van der Waals surface area contributed by atoms with Gasteiger partial charge in [-0.25, -0.2) is 0 Å². The fraction of sp³-hybridized carbons (Fsp3) is 0.526. The van der Waals surface area contributed by atoms with E-state index >= 15 is 0 Å². The lowest BCUT2D eigenvalue weighted by molar-refractivity contribution is -0.199. The zero-order chi connectivity index (χ0) is 25.4. The molecule has 2 unspecified atom stereocenters. The van der Waals surface area contributed by atoms with Crippen LogP contribution in [0.3, 0.4) is 0 Å². The number of ether oxygens (including phenoxy) is 2. The quantitative estimate of drug-likeness (QED) is 0.190. The molecule has 1 rings (SSSR count). The van der Waals surface area contributed by atoms with E-state index in [1.807, 2.05) is 0 Å². The fourth-order valence-electron chi connectivity index (χ4n) is 2.54. The van der Waals surface area contributed by atoms with Crippen LogP contribution >= 0.6 is 0 Å². The predicted octanol–water partition coefficient (Wildman–Crippen LogP) is -0.655. The van der Waals surface area contributed by atoms with Gasteiger partial charge >= 0.3 is 5.97 Å². The topological polar surface area (TPSA) is 177 Å². The molecule has 0 fully saturated rings. The van der Waals surface area contributed by atoms with Crippen LogP contribution in [0.1, 0.15) is 19.4 Å². The van der Waals surface area contributed by atoms with Gasteiger partial charge in [0.25, 0.3) is 20.2 Å². The highest BCUT2D eigenvalue weighted by atomic mass is 32.2. The van der Waals surface area contributed by atoms with Gasteiger partial charge < -0.3 is 14.6 Å². The van der Waals surface area contributed by atoms with Crippen molar-refractivity contribution in [2.24, 2.45) is 0 Å². The van der Waals surface area contributed by atoms with Crippen molar-refractivity contribution < 1.29 is 54.2 Å². The SMILES string of the molecule is CC(=O)OC(C(=O)C(C)=O)C(OCc1ccccc1)C(O)(COS(C)(=O)=O)COS(C)(=O)=O.